The molecule has 3 heteroatoms. The van der Waals surface area contributed by atoms with Crippen LogP contribution in [0.3, 0.4) is 0 Å². The topological polar surface area (TPSA) is 69.1 Å². The van der Waals surface area contributed by atoms with Crippen LogP contribution in [0.25, 0.3) is 0 Å². The molecule has 0 saturated carbocycles. The Bertz CT molecular complexity index is 53.1. The lowest BCUT2D eigenvalue weighted by molar-refractivity contribution is 0.256. The summed E-state index contributed by atoms with van der Waals surface area (Å²) >= 11 is 0. The molecule has 0 heterocycles. The van der Waals surface area contributed by atoms with Crippen LogP contribution in [0.2, 0.25) is 0 Å². The molecule has 0 fully saturated rings. The summed E-state index contributed by atoms with van der Waals surface area (Å²) in [4.78, 5) is 9.00. The highest BCUT2D eigenvalue weighted by atomic mass is 16.2. The molecule has 3 nitrogen and oxygen atoms in total. The highest BCUT2D eigenvalue weighted by Crippen LogP contribution is 1.25. The normalized spacial score (nSPS) is 4.33. The van der Waals surface area contributed by atoms with Crippen molar-refractivity contribution in [3.05, 3.63) is 0 Å². The zero-order valence-corrected chi connectivity index (χ0v) is 3.22. The fourth-order valence-electron chi connectivity index (χ4n) is 0. The van der Waals surface area contributed by atoms with Crippen molar-refractivity contribution in [3.8, 4) is 12.8 Å². The molecule has 0 aromatic carbocycles. The number of primary amides is 2. The van der Waals surface area contributed by atoms with Gasteiger partial charge in [0.15, 0.2) is 0 Å². The first-order valence-electron chi connectivity index (χ1n) is 1.11. The number of amides is 2. The summed E-state index contributed by atoms with van der Waals surface area (Å²) in [6.45, 7) is 0. The molecule has 0 radical (unpaired) electrons. The van der Waals surface area contributed by atoms with Crippen LogP contribution in [-0.2, 0) is 0 Å². The summed E-state index contributed by atoms with van der Waals surface area (Å²) in [6.07, 6.45) is 8.00. The third-order valence-corrected chi connectivity index (χ3v) is 0. The second-order valence-corrected chi connectivity index (χ2v) is 0.402. The van der Waals surface area contributed by atoms with Gasteiger partial charge >= 0.3 is 6.03 Å². The van der Waals surface area contributed by atoms with Gasteiger partial charge < -0.3 is 11.5 Å². The van der Waals surface area contributed by atoms with Crippen molar-refractivity contribution < 1.29 is 4.79 Å². The lowest BCUT2D eigenvalue weighted by Gasteiger charge is -1.62. The second-order valence-electron chi connectivity index (χ2n) is 0.402. The molecule has 0 bridgehead atoms. The summed E-state index contributed by atoms with van der Waals surface area (Å²) in [6, 6.07) is -0.833. The van der Waals surface area contributed by atoms with E-state index in [0.717, 1.165) is 0 Å². The van der Waals surface area contributed by atoms with E-state index in [1.54, 1.807) is 0 Å². The fraction of sp³-hybridized carbons (Fsp3) is 0. The molecule has 0 aliphatic rings. The largest absolute Gasteiger partial charge is 0.352 e. The summed E-state index contributed by atoms with van der Waals surface area (Å²) in [5.41, 5.74) is 8.50. The number of hydrogen-bond donors (Lipinski definition) is 2. The third kappa shape index (κ3) is 6.92. The fourth-order valence-corrected chi connectivity index (χ4v) is 0. The molecule has 0 rings (SSSR count). The minimum absolute atomic E-state index is 0.833. The van der Waals surface area contributed by atoms with Crippen molar-refractivity contribution >= 4 is 6.03 Å². The second kappa shape index (κ2) is 9.16. The monoisotopic (exact) mass is 86.0 g/mol. The zero-order valence-electron chi connectivity index (χ0n) is 3.22. The summed E-state index contributed by atoms with van der Waals surface area (Å²) in [7, 11) is 0. The van der Waals surface area contributed by atoms with Gasteiger partial charge in [-0.15, -0.1) is 12.8 Å². The van der Waals surface area contributed by atoms with Crippen LogP contribution < -0.4 is 11.5 Å². The van der Waals surface area contributed by atoms with Crippen molar-refractivity contribution in [2.45, 2.75) is 0 Å². The van der Waals surface area contributed by atoms with E-state index in [0.29, 0.717) is 0 Å². The minimum Gasteiger partial charge on any atom is -0.352 e. The number of carbonyl (C=O) groups excluding carboxylic acids is 1. The van der Waals surface area contributed by atoms with Gasteiger partial charge in [-0.1, -0.05) is 0 Å². The van der Waals surface area contributed by atoms with Crippen LogP contribution in [0.1, 0.15) is 0 Å². The van der Waals surface area contributed by atoms with Crippen molar-refractivity contribution in [2.24, 2.45) is 11.5 Å². The van der Waals surface area contributed by atoms with Crippen molar-refractivity contribution in [3.63, 3.8) is 0 Å². The Kier molecular flexibility index (Phi) is 13.5. The molecule has 6 heavy (non-hydrogen) atoms. The first-order valence-corrected chi connectivity index (χ1v) is 1.11. The van der Waals surface area contributed by atoms with E-state index in [-0.39, 0.29) is 0 Å². The predicted molar refractivity (Wildman–Crippen MR) is 23.7 cm³/mol. The summed E-state index contributed by atoms with van der Waals surface area (Å²) < 4.78 is 0. The summed E-state index contributed by atoms with van der Waals surface area (Å²) in [5, 5.41) is 0. The van der Waals surface area contributed by atoms with Crippen LogP contribution in [0.4, 0.5) is 4.79 Å². The minimum atomic E-state index is -0.833. The number of nitrogens with two attached hydrogens (primary N) is 2. The van der Waals surface area contributed by atoms with Crippen LogP contribution in [0.15, 0.2) is 0 Å². The quantitative estimate of drug-likeness (QED) is 0.375. The maximum atomic E-state index is 9.00. The highest BCUT2D eigenvalue weighted by Gasteiger charge is 1.60. The molecule has 34 valence electrons. The van der Waals surface area contributed by atoms with Gasteiger partial charge in [-0.2, -0.15) is 0 Å². The Morgan fingerprint density at radius 3 is 1.33 bits per heavy atom. The van der Waals surface area contributed by atoms with Crippen molar-refractivity contribution in [1.82, 2.24) is 0 Å². The molecular weight excluding hydrogens is 80.0 g/mol. The van der Waals surface area contributed by atoms with E-state index in [9.17, 15) is 0 Å². The highest BCUT2D eigenvalue weighted by molar-refractivity contribution is 5.69. The van der Waals surface area contributed by atoms with Crippen LogP contribution in [0.5, 0.6) is 0 Å². The maximum absolute atomic E-state index is 9.00. The Hall–Kier alpha value is -1.17. The third-order valence-electron chi connectivity index (χ3n) is 0. The average molecular weight is 86.1 g/mol. The molecule has 0 atom stereocenters. The van der Waals surface area contributed by atoms with Gasteiger partial charge in [-0.05, 0) is 0 Å². The number of carbonyl (C=O) groups is 1. The van der Waals surface area contributed by atoms with Gasteiger partial charge in [0, 0.05) is 0 Å². The van der Waals surface area contributed by atoms with E-state index in [2.05, 4.69) is 24.3 Å². The van der Waals surface area contributed by atoms with Gasteiger partial charge in [-0.25, -0.2) is 4.79 Å². The van der Waals surface area contributed by atoms with Crippen LogP contribution >= 0.6 is 0 Å². The smallest absolute Gasteiger partial charge is 0.309 e. The first-order chi connectivity index (χ1) is 2.73. The molecule has 2 amide bonds. The molecule has 0 spiro atoms. The number of rotatable bonds is 0. The maximum Gasteiger partial charge on any atom is 0.309 e. The zero-order chi connectivity index (χ0) is 5.58. The molecule has 0 aromatic rings. The molecule has 0 unspecified atom stereocenters. The first kappa shape index (κ1) is 8.85. The van der Waals surface area contributed by atoms with Gasteiger partial charge in [-0.3, -0.25) is 0 Å². The summed E-state index contributed by atoms with van der Waals surface area (Å²) in [5.74, 6) is 0. The Morgan fingerprint density at radius 1 is 1.33 bits per heavy atom. The van der Waals surface area contributed by atoms with Gasteiger partial charge in [0.05, 0.1) is 0 Å². The molecule has 0 aromatic heterocycles. The van der Waals surface area contributed by atoms with Gasteiger partial charge in [0.2, 0.25) is 0 Å². The lowest BCUT2D eigenvalue weighted by Crippen LogP contribution is -2.18. The molecular formula is C3H6N2O. The average Bonchev–Trinajstić information content (AvgIpc) is 1.41. The van der Waals surface area contributed by atoms with E-state index in [1.807, 2.05) is 0 Å². The van der Waals surface area contributed by atoms with E-state index >= 15 is 0 Å². The predicted octanol–water partition coefficient (Wildman–Crippen LogP) is -0.727. The standard InChI is InChI=1S/C2H2.CH4N2O/c1-2;2-1(3)4/h1-2H;(H4,2,3,4). The SMILES string of the molecule is C#C.NC(N)=O. The van der Waals surface area contributed by atoms with Crippen LogP contribution in [0, 0.1) is 12.8 Å². The van der Waals surface area contributed by atoms with E-state index < -0.39 is 6.03 Å². The lowest BCUT2D eigenvalue weighted by atomic mass is 11.2. The van der Waals surface area contributed by atoms with Crippen molar-refractivity contribution in [1.29, 1.82) is 0 Å². The Labute approximate surface area is 36.3 Å². The van der Waals surface area contributed by atoms with Crippen molar-refractivity contribution in [2.75, 3.05) is 0 Å². The number of hydrogen-bond acceptors (Lipinski definition) is 1. The van der Waals surface area contributed by atoms with E-state index in [1.165, 1.54) is 0 Å². The van der Waals surface area contributed by atoms with Gasteiger partial charge in [0.1, 0.15) is 0 Å². The van der Waals surface area contributed by atoms with Gasteiger partial charge in [0.25, 0.3) is 0 Å². The molecule has 0 aliphatic carbocycles. The number of urea groups is 1. The molecule has 4 N–H and O–H groups in total. The number of terminal acetylenes is 1. The Morgan fingerprint density at radius 2 is 1.33 bits per heavy atom. The van der Waals surface area contributed by atoms with E-state index in [4.69, 9.17) is 4.79 Å². The Balaban J connectivity index is 0. The molecule has 0 saturated heterocycles. The molecule has 0 aliphatic heterocycles. The van der Waals surface area contributed by atoms with Crippen LogP contribution in [-0.4, -0.2) is 6.03 Å².